The third kappa shape index (κ3) is 5.05. The Labute approximate surface area is 149 Å². The van der Waals surface area contributed by atoms with Crippen molar-refractivity contribution in [3.8, 4) is 0 Å². The van der Waals surface area contributed by atoms with Crippen molar-refractivity contribution in [2.24, 2.45) is 4.99 Å². The highest BCUT2D eigenvalue weighted by Crippen LogP contribution is 2.17. The molecule has 0 unspecified atom stereocenters. The monoisotopic (exact) mass is 355 g/mol. The van der Waals surface area contributed by atoms with E-state index in [0.29, 0.717) is 11.4 Å². The average Bonchev–Trinajstić information content (AvgIpc) is 3.14. The van der Waals surface area contributed by atoms with Crippen LogP contribution in [0.15, 0.2) is 53.7 Å². The zero-order valence-electron chi connectivity index (χ0n) is 13.4. The van der Waals surface area contributed by atoms with Crippen LogP contribution in [-0.4, -0.2) is 40.8 Å². The molecule has 2 amide bonds. The van der Waals surface area contributed by atoms with Crippen molar-refractivity contribution in [1.29, 1.82) is 0 Å². The van der Waals surface area contributed by atoms with Crippen LogP contribution in [0.1, 0.15) is 10.4 Å². The highest BCUT2D eigenvalue weighted by atomic mass is 32.2. The van der Waals surface area contributed by atoms with Crippen molar-refractivity contribution in [3.05, 3.63) is 54.2 Å². The van der Waals surface area contributed by atoms with Gasteiger partial charge in [-0.2, -0.15) is 0 Å². The third-order valence-electron chi connectivity index (χ3n) is 3.30. The minimum absolute atomic E-state index is 0.129. The molecule has 0 saturated carbocycles. The highest BCUT2D eigenvalue weighted by Gasteiger charge is 2.11. The van der Waals surface area contributed by atoms with Gasteiger partial charge in [0.1, 0.15) is 5.82 Å². The molecule has 1 aliphatic heterocycles. The van der Waals surface area contributed by atoms with Crippen LogP contribution in [0.5, 0.6) is 0 Å². The van der Waals surface area contributed by atoms with Gasteiger partial charge in [0, 0.05) is 23.2 Å². The molecule has 1 aromatic heterocycles. The van der Waals surface area contributed by atoms with E-state index in [0.717, 1.165) is 23.2 Å². The Morgan fingerprint density at radius 1 is 1.16 bits per heavy atom. The predicted molar refractivity (Wildman–Crippen MR) is 100 cm³/mol. The maximum absolute atomic E-state index is 12.2. The highest BCUT2D eigenvalue weighted by molar-refractivity contribution is 8.14. The first-order valence-corrected chi connectivity index (χ1v) is 8.73. The molecule has 3 N–H and O–H groups in total. The molecule has 25 heavy (non-hydrogen) atoms. The lowest BCUT2D eigenvalue weighted by molar-refractivity contribution is -0.115. The Balaban J connectivity index is 1.53. The topological polar surface area (TPSA) is 95.5 Å². The van der Waals surface area contributed by atoms with Crippen molar-refractivity contribution < 1.29 is 9.59 Å². The second-order valence-electron chi connectivity index (χ2n) is 5.19. The largest absolute Gasteiger partial charge is 0.343 e. The van der Waals surface area contributed by atoms with Crippen LogP contribution >= 0.6 is 11.8 Å². The molecule has 0 radical (unpaired) electrons. The van der Waals surface area contributed by atoms with E-state index in [1.807, 2.05) is 6.07 Å². The lowest BCUT2D eigenvalue weighted by Crippen LogP contribution is -2.33. The summed E-state index contributed by atoms with van der Waals surface area (Å²) in [6.45, 7) is 0.675. The number of carbonyl (C=O) groups excluding carboxylic acids is 2. The summed E-state index contributed by atoms with van der Waals surface area (Å²) in [4.78, 5) is 32.4. The maximum Gasteiger partial charge on any atom is 0.251 e. The lowest BCUT2D eigenvalue weighted by atomic mass is 10.2. The van der Waals surface area contributed by atoms with E-state index in [2.05, 4.69) is 25.9 Å². The number of rotatable bonds is 5. The molecule has 2 aromatic rings. The van der Waals surface area contributed by atoms with Crippen LogP contribution in [0.25, 0.3) is 0 Å². The lowest BCUT2D eigenvalue weighted by Gasteiger charge is -2.09. The van der Waals surface area contributed by atoms with Gasteiger partial charge in [0.05, 0.1) is 13.1 Å². The molecule has 0 aliphatic carbocycles. The van der Waals surface area contributed by atoms with Gasteiger partial charge in [-0.25, -0.2) is 4.98 Å². The number of hydrogen-bond acceptors (Lipinski definition) is 6. The Morgan fingerprint density at radius 2 is 2.08 bits per heavy atom. The van der Waals surface area contributed by atoms with Gasteiger partial charge >= 0.3 is 0 Å². The third-order valence-corrected chi connectivity index (χ3v) is 4.19. The first-order valence-electron chi connectivity index (χ1n) is 7.74. The fourth-order valence-corrected chi connectivity index (χ4v) is 2.91. The minimum Gasteiger partial charge on any atom is -0.343 e. The van der Waals surface area contributed by atoms with Gasteiger partial charge in [-0.3, -0.25) is 14.6 Å². The molecule has 128 valence electrons. The van der Waals surface area contributed by atoms with E-state index in [1.54, 1.807) is 54.4 Å². The van der Waals surface area contributed by atoms with E-state index in [9.17, 15) is 9.59 Å². The molecule has 0 fully saturated rings. The van der Waals surface area contributed by atoms with Gasteiger partial charge < -0.3 is 16.0 Å². The molecule has 0 bridgehead atoms. The summed E-state index contributed by atoms with van der Waals surface area (Å²) in [7, 11) is 0. The Bertz CT molecular complexity index is 795. The molecule has 2 heterocycles. The predicted octanol–water partition coefficient (Wildman–Crippen LogP) is 1.96. The normalized spacial score (nSPS) is 13.0. The van der Waals surface area contributed by atoms with E-state index in [-0.39, 0.29) is 18.4 Å². The number of benzene rings is 1. The summed E-state index contributed by atoms with van der Waals surface area (Å²) >= 11 is 1.65. The summed E-state index contributed by atoms with van der Waals surface area (Å²) in [6.07, 6.45) is 1.58. The second-order valence-corrected chi connectivity index (χ2v) is 6.27. The first-order chi connectivity index (χ1) is 12.2. The van der Waals surface area contributed by atoms with Crippen LogP contribution in [0.4, 0.5) is 11.5 Å². The smallest absolute Gasteiger partial charge is 0.251 e. The molecule has 8 heteroatoms. The van der Waals surface area contributed by atoms with Crippen molar-refractivity contribution >= 4 is 40.2 Å². The number of hydrogen-bond donors (Lipinski definition) is 3. The molecule has 0 saturated heterocycles. The summed E-state index contributed by atoms with van der Waals surface area (Å²) in [5.74, 6) is 0.759. The van der Waals surface area contributed by atoms with Gasteiger partial charge in [0.2, 0.25) is 5.91 Å². The molecular formula is C17H17N5O2S. The minimum atomic E-state index is -0.335. The molecule has 3 rings (SSSR count). The van der Waals surface area contributed by atoms with Gasteiger partial charge in [-0.15, -0.1) is 0 Å². The number of pyridine rings is 1. The van der Waals surface area contributed by atoms with Crippen molar-refractivity contribution in [3.63, 3.8) is 0 Å². The average molecular weight is 355 g/mol. The van der Waals surface area contributed by atoms with Gasteiger partial charge in [0.15, 0.2) is 5.17 Å². The number of carbonyl (C=O) groups is 2. The van der Waals surface area contributed by atoms with E-state index in [1.165, 1.54) is 0 Å². The summed E-state index contributed by atoms with van der Waals surface area (Å²) in [6, 6.07) is 12.3. The molecule has 0 atom stereocenters. The Hall–Kier alpha value is -2.87. The number of nitrogens with zero attached hydrogens (tertiary/aromatic N) is 2. The number of amidine groups is 1. The second kappa shape index (κ2) is 8.29. The molecular weight excluding hydrogens is 338 g/mol. The first kappa shape index (κ1) is 17.0. The Kier molecular flexibility index (Phi) is 5.63. The molecule has 1 aromatic carbocycles. The molecule has 7 nitrogen and oxygen atoms in total. The van der Waals surface area contributed by atoms with Crippen LogP contribution in [-0.2, 0) is 4.79 Å². The number of nitrogens with one attached hydrogen (secondary N) is 3. The van der Waals surface area contributed by atoms with Gasteiger partial charge in [-0.05, 0) is 30.3 Å². The van der Waals surface area contributed by atoms with Crippen molar-refractivity contribution in [1.82, 2.24) is 10.3 Å². The number of anilines is 2. The van der Waals surface area contributed by atoms with Crippen LogP contribution in [0.3, 0.4) is 0 Å². The Morgan fingerprint density at radius 3 is 2.84 bits per heavy atom. The zero-order chi connectivity index (χ0) is 17.5. The molecule has 0 spiro atoms. The van der Waals surface area contributed by atoms with Gasteiger partial charge in [-0.1, -0.05) is 23.9 Å². The summed E-state index contributed by atoms with van der Waals surface area (Å²) in [5.41, 5.74) is 1.26. The van der Waals surface area contributed by atoms with Crippen molar-refractivity contribution in [2.75, 3.05) is 29.5 Å². The molecule has 1 aliphatic rings. The SMILES string of the molecule is O=C(CNC(=O)c1cccc(NC2=NCCS2)c1)Nc1ccccn1. The quantitative estimate of drug-likeness (QED) is 0.762. The van der Waals surface area contributed by atoms with E-state index in [4.69, 9.17) is 0 Å². The maximum atomic E-state index is 12.2. The zero-order valence-corrected chi connectivity index (χ0v) is 14.2. The van der Waals surface area contributed by atoms with Crippen LogP contribution in [0, 0.1) is 0 Å². The van der Waals surface area contributed by atoms with E-state index >= 15 is 0 Å². The van der Waals surface area contributed by atoms with Crippen LogP contribution < -0.4 is 16.0 Å². The standard InChI is InChI=1S/C17H17N5O2S/c23-15(22-14-6-1-2-7-18-14)11-20-16(24)12-4-3-5-13(10-12)21-17-19-8-9-25-17/h1-7,10H,8-9,11H2,(H,19,21)(H,20,24)(H,18,22,23). The fraction of sp³-hybridized carbons (Fsp3) is 0.176. The number of aliphatic imine (C=N–C) groups is 1. The number of thioether (sulfide) groups is 1. The fourth-order valence-electron chi connectivity index (χ4n) is 2.16. The van der Waals surface area contributed by atoms with Gasteiger partial charge in [0.25, 0.3) is 5.91 Å². The number of amides is 2. The number of aromatic nitrogens is 1. The van der Waals surface area contributed by atoms with Crippen LogP contribution in [0.2, 0.25) is 0 Å². The van der Waals surface area contributed by atoms with Crippen molar-refractivity contribution in [2.45, 2.75) is 0 Å². The summed E-state index contributed by atoms with van der Waals surface area (Å²) in [5, 5.41) is 9.24. The van der Waals surface area contributed by atoms with E-state index < -0.39 is 0 Å². The summed E-state index contributed by atoms with van der Waals surface area (Å²) < 4.78 is 0.